The Hall–Kier alpha value is -0.150. The molecule has 0 bridgehead atoms. The first-order valence-corrected chi connectivity index (χ1v) is 5.36. The van der Waals surface area contributed by atoms with Crippen molar-refractivity contribution in [2.45, 2.75) is 16.3 Å². The first-order valence-electron chi connectivity index (χ1n) is 4.22. The molecule has 84 valence electrons. The summed E-state index contributed by atoms with van der Waals surface area (Å²) in [4.78, 5) is 0. The quantitative estimate of drug-likeness (QED) is 0.835. The van der Waals surface area contributed by atoms with Gasteiger partial charge in [-0.05, 0) is 24.6 Å². The Kier molecular flexibility index (Phi) is 3.77. The van der Waals surface area contributed by atoms with Crippen LogP contribution in [-0.4, -0.2) is 16.0 Å². The molecule has 1 rings (SSSR count). The first-order chi connectivity index (χ1) is 6.79. The first kappa shape index (κ1) is 12.9. The van der Waals surface area contributed by atoms with Gasteiger partial charge in [0, 0.05) is 0 Å². The summed E-state index contributed by atoms with van der Waals surface area (Å²) in [6.07, 6.45) is 0. The van der Waals surface area contributed by atoms with Crippen molar-refractivity contribution >= 4 is 34.8 Å². The molecule has 0 saturated heterocycles. The number of rotatable bonds is 2. The predicted molar refractivity (Wildman–Crippen MR) is 62.9 cm³/mol. The summed E-state index contributed by atoms with van der Waals surface area (Å²) in [6.45, 7) is 1.45. The zero-order valence-corrected chi connectivity index (χ0v) is 10.6. The van der Waals surface area contributed by atoms with Gasteiger partial charge < -0.3 is 9.84 Å². The van der Waals surface area contributed by atoms with Crippen LogP contribution in [0.1, 0.15) is 12.5 Å². The van der Waals surface area contributed by atoms with Crippen LogP contribution in [-0.2, 0) is 5.60 Å². The largest absolute Gasteiger partial charge is 0.497 e. The third kappa shape index (κ3) is 2.70. The fourth-order valence-electron chi connectivity index (χ4n) is 1.08. The molecule has 5 heteroatoms. The summed E-state index contributed by atoms with van der Waals surface area (Å²) in [6, 6.07) is 6.70. The van der Waals surface area contributed by atoms with E-state index >= 15 is 0 Å². The van der Waals surface area contributed by atoms with Crippen molar-refractivity contribution < 1.29 is 9.84 Å². The maximum atomic E-state index is 10.0. The smallest absolute Gasteiger partial charge is 0.222 e. The summed E-state index contributed by atoms with van der Waals surface area (Å²) in [7, 11) is 1.56. The van der Waals surface area contributed by atoms with Gasteiger partial charge in [-0.3, -0.25) is 0 Å². The van der Waals surface area contributed by atoms with Crippen molar-refractivity contribution in [2.24, 2.45) is 0 Å². The highest BCUT2D eigenvalue weighted by Crippen LogP contribution is 2.44. The monoisotopic (exact) mass is 268 g/mol. The van der Waals surface area contributed by atoms with E-state index < -0.39 is 9.39 Å². The fourth-order valence-corrected chi connectivity index (χ4v) is 1.41. The zero-order chi connectivity index (χ0) is 11.7. The third-order valence-electron chi connectivity index (χ3n) is 2.20. The van der Waals surface area contributed by atoms with Crippen LogP contribution in [0.4, 0.5) is 0 Å². The molecule has 1 atom stereocenters. The normalized spacial score (nSPS) is 15.9. The standard InChI is InChI=1S/C10H11Cl3O2/c1-9(14,10(11,12)13)7-3-5-8(15-2)6-4-7/h3-6,14H,1-2H3. The van der Waals surface area contributed by atoms with E-state index in [0.717, 1.165) is 0 Å². The molecule has 0 heterocycles. The van der Waals surface area contributed by atoms with Crippen LogP contribution < -0.4 is 4.74 Å². The number of ether oxygens (including phenoxy) is 1. The lowest BCUT2D eigenvalue weighted by molar-refractivity contribution is 0.0613. The van der Waals surface area contributed by atoms with Crippen molar-refractivity contribution in [3.05, 3.63) is 29.8 Å². The van der Waals surface area contributed by atoms with Crippen LogP contribution in [0.5, 0.6) is 5.75 Å². The molecule has 0 aliphatic heterocycles. The van der Waals surface area contributed by atoms with E-state index in [9.17, 15) is 5.11 Å². The average molecular weight is 270 g/mol. The zero-order valence-electron chi connectivity index (χ0n) is 8.30. The second kappa shape index (κ2) is 4.38. The Morgan fingerprint density at radius 2 is 1.60 bits per heavy atom. The number of hydrogen-bond donors (Lipinski definition) is 1. The number of halogens is 3. The summed E-state index contributed by atoms with van der Waals surface area (Å²) in [5.74, 6) is 0.680. The van der Waals surface area contributed by atoms with Gasteiger partial charge in [0.25, 0.3) is 0 Å². The molecule has 15 heavy (non-hydrogen) atoms. The number of methoxy groups -OCH3 is 1. The van der Waals surface area contributed by atoms with Gasteiger partial charge in [-0.1, -0.05) is 46.9 Å². The van der Waals surface area contributed by atoms with E-state index in [4.69, 9.17) is 39.5 Å². The molecule has 1 aromatic carbocycles. The number of alkyl halides is 3. The lowest BCUT2D eigenvalue weighted by Gasteiger charge is -2.31. The Labute approximate surface area is 104 Å². The Morgan fingerprint density at radius 1 is 1.13 bits per heavy atom. The molecule has 1 aromatic rings. The van der Waals surface area contributed by atoms with Crippen LogP contribution in [0.3, 0.4) is 0 Å². The van der Waals surface area contributed by atoms with Crippen LogP contribution in [0.15, 0.2) is 24.3 Å². The molecule has 0 aromatic heterocycles. The maximum Gasteiger partial charge on any atom is 0.222 e. The molecule has 0 saturated carbocycles. The Bertz CT molecular complexity index is 328. The molecule has 0 radical (unpaired) electrons. The van der Waals surface area contributed by atoms with E-state index in [1.54, 1.807) is 31.4 Å². The molecule has 2 nitrogen and oxygen atoms in total. The van der Waals surface area contributed by atoms with E-state index in [1.165, 1.54) is 6.92 Å². The Balaban J connectivity index is 3.06. The van der Waals surface area contributed by atoms with E-state index in [1.807, 2.05) is 0 Å². The third-order valence-corrected chi connectivity index (χ3v) is 3.31. The van der Waals surface area contributed by atoms with E-state index in [-0.39, 0.29) is 0 Å². The van der Waals surface area contributed by atoms with Crippen LogP contribution in [0, 0.1) is 0 Å². The number of benzene rings is 1. The second-order valence-electron chi connectivity index (χ2n) is 3.30. The van der Waals surface area contributed by atoms with Gasteiger partial charge in [-0.2, -0.15) is 0 Å². The second-order valence-corrected chi connectivity index (χ2v) is 5.58. The molecule has 0 fully saturated rings. The molecule has 1 N–H and O–H groups in total. The lowest BCUT2D eigenvalue weighted by atomic mass is 9.98. The fraction of sp³-hybridized carbons (Fsp3) is 0.400. The SMILES string of the molecule is COc1ccc(C(C)(O)C(Cl)(Cl)Cl)cc1. The topological polar surface area (TPSA) is 29.5 Å². The minimum absolute atomic E-state index is 0.517. The maximum absolute atomic E-state index is 10.0. The Morgan fingerprint density at radius 3 is 1.93 bits per heavy atom. The number of aliphatic hydroxyl groups is 1. The van der Waals surface area contributed by atoms with Gasteiger partial charge >= 0.3 is 0 Å². The van der Waals surface area contributed by atoms with Crippen LogP contribution >= 0.6 is 34.8 Å². The van der Waals surface area contributed by atoms with Gasteiger partial charge in [0.1, 0.15) is 11.4 Å². The highest BCUT2D eigenvalue weighted by Gasteiger charge is 2.44. The van der Waals surface area contributed by atoms with Gasteiger partial charge in [-0.15, -0.1) is 0 Å². The molecular formula is C10H11Cl3O2. The van der Waals surface area contributed by atoms with Crippen molar-refractivity contribution in [3.8, 4) is 5.75 Å². The van der Waals surface area contributed by atoms with Crippen LogP contribution in [0.25, 0.3) is 0 Å². The highest BCUT2D eigenvalue weighted by atomic mass is 35.6. The summed E-state index contributed by atoms with van der Waals surface area (Å²) in [5, 5.41) is 10.0. The summed E-state index contributed by atoms with van der Waals surface area (Å²) < 4.78 is 3.21. The van der Waals surface area contributed by atoms with Gasteiger partial charge in [0.2, 0.25) is 3.79 Å². The van der Waals surface area contributed by atoms with Crippen molar-refractivity contribution in [3.63, 3.8) is 0 Å². The highest BCUT2D eigenvalue weighted by molar-refractivity contribution is 6.68. The number of hydrogen-bond acceptors (Lipinski definition) is 2. The molecule has 0 aliphatic carbocycles. The minimum Gasteiger partial charge on any atom is -0.497 e. The van der Waals surface area contributed by atoms with Gasteiger partial charge in [0.05, 0.1) is 7.11 Å². The van der Waals surface area contributed by atoms with Crippen molar-refractivity contribution in [1.82, 2.24) is 0 Å². The molecule has 0 spiro atoms. The van der Waals surface area contributed by atoms with Crippen LogP contribution in [0.2, 0.25) is 0 Å². The molecule has 1 unspecified atom stereocenters. The minimum atomic E-state index is -1.78. The van der Waals surface area contributed by atoms with E-state index in [0.29, 0.717) is 11.3 Å². The lowest BCUT2D eigenvalue weighted by Crippen LogP contribution is -2.36. The molecule has 0 aliphatic rings. The summed E-state index contributed by atoms with van der Waals surface area (Å²) >= 11 is 17.0. The summed E-state index contributed by atoms with van der Waals surface area (Å²) in [5.41, 5.74) is -1.02. The van der Waals surface area contributed by atoms with E-state index in [2.05, 4.69) is 0 Å². The average Bonchev–Trinajstić information content (AvgIpc) is 2.16. The molecular weight excluding hydrogens is 258 g/mol. The van der Waals surface area contributed by atoms with Gasteiger partial charge in [0.15, 0.2) is 0 Å². The predicted octanol–water partition coefficient (Wildman–Crippen LogP) is 3.27. The molecule has 0 amide bonds. The van der Waals surface area contributed by atoms with Crippen molar-refractivity contribution in [2.75, 3.05) is 7.11 Å². The van der Waals surface area contributed by atoms with Crippen molar-refractivity contribution in [1.29, 1.82) is 0 Å². The van der Waals surface area contributed by atoms with Gasteiger partial charge in [-0.25, -0.2) is 0 Å².